The highest BCUT2D eigenvalue weighted by Crippen LogP contribution is 2.31. The zero-order valence-electron chi connectivity index (χ0n) is 9.44. The van der Waals surface area contributed by atoms with Crippen molar-refractivity contribution in [2.24, 2.45) is 16.8 Å². The normalized spacial score (nSPS) is 15.4. The number of hydrogen-bond acceptors (Lipinski definition) is 6. The first-order valence-corrected chi connectivity index (χ1v) is 5.37. The summed E-state index contributed by atoms with van der Waals surface area (Å²) >= 11 is 0. The van der Waals surface area contributed by atoms with Crippen LogP contribution in [0.3, 0.4) is 0 Å². The minimum absolute atomic E-state index is 0.0404. The Hall–Kier alpha value is -2.38. The van der Waals surface area contributed by atoms with Crippen LogP contribution in [0.25, 0.3) is 0 Å². The maximum absolute atomic E-state index is 10.9. The van der Waals surface area contributed by atoms with Crippen LogP contribution >= 0.6 is 0 Å². The van der Waals surface area contributed by atoms with Crippen molar-refractivity contribution in [1.82, 2.24) is 4.98 Å². The molecule has 3 N–H and O–H groups in total. The van der Waals surface area contributed by atoms with Gasteiger partial charge in [0, 0.05) is 17.8 Å². The summed E-state index contributed by atoms with van der Waals surface area (Å²) in [6.45, 7) is 0.427. The van der Waals surface area contributed by atoms with Crippen LogP contribution in [0, 0.1) is 16.0 Å². The molecule has 8 nitrogen and oxygen atoms in total. The van der Waals surface area contributed by atoms with E-state index in [2.05, 4.69) is 10.1 Å². The van der Waals surface area contributed by atoms with Crippen LogP contribution < -0.4 is 10.5 Å². The molecule has 0 aromatic carbocycles. The van der Waals surface area contributed by atoms with Crippen molar-refractivity contribution in [3.05, 3.63) is 27.9 Å². The minimum Gasteiger partial charge on any atom is -0.473 e. The summed E-state index contributed by atoms with van der Waals surface area (Å²) in [4.78, 5) is 14.1. The number of ether oxygens (including phenoxy) is 1. The number of pyridine rings is 1. The predicted molar refractivity (Wildman–Crippen MR) is 61.6 cm³/mol. The molecule has 18 heavy (non-hydrogen) atoms. The van der Waals surface area contributed by atoms with Gasteiger partial charge in [-0.25, -0.2) is 4.98 Å². The van der Waals surface area contributed by atoms with E-state index in [-0.39, 0.29) is 23.0 Å². The van der Waals surface area contributed by atoms with Gasteiger partial charge in [0.2, 0.25) is 0 Å². The van der Waals surface area contributed by atoms with Crippen molar-refractivity contribution in [2.75, 3.05) is 6.61 Å². The van der Waals surface area contributed by atoms with Gasteiger partial charge < -0.3 is 15.7 Å². The molecule has 1 aliphatic carbocycles. The van der Waals surface area contributed by atoms with Crippen LogP contribution in [0.4, 0.5) is 5.69 Å². The van der Waals surface area contributed by atoms with Crippen LogP contribution in [0.2, 0.25) is 0 Å². The molecule has 0 radical (unpaired) electrons. The zero-order valence-corrected chi connectivity index (χ0v) is 9.44. The highest BCUT2D eigenvalue weighted by molar-refractivity contribution is 5.97. The smallest absolute Gasteiger partial charge is 0.331 e. The van der Waals surface area contributed by atoms with Crippen LogP contribution in [-0.2, 0) is 0 Å². The molecule has 0 unspecified atom stereocenters. The van der Waals surface area contributed by atoms with E-state index in [0.717, 1.165) is 12.8 Å². The van der Waals surface area contributed by atoms with E-state index in [1.165, 1.54) is 12.3 Å². The third-order valence-corrected chi connectivity index (χ3v) is 2.59. The van der Waals surface area contributed by atoms with Crippen molar-refractivity contribution in [3.8, 4) is 5.88 Å². The molecule has 0 aliphatic heterocycles. The van der Waals surface area contributed by atoms with Gasteiger partial charge in [-0.1, -0.05) is 5.16 Å². The van der Waals surface area contributed by atoms with Gasteiger partial charge in [-0.05, 0) is 18.8 Å². The molecule has 0 bridgehead atoms. The molecule has 8 heteroatoms. The van der Waals surface area contributed by atoms with E-state index in [9.17, 15) is 10.1 Å². The third-order valence-electron chi connectivity index (χ3n) is 2.59. The SMILES string of the molecule is NC(=NO)c1cnc(OCC2CC2)c([N+](=O)[O-])c1. The summed E-state index contributed by atoms with van der Waals surface area (Å²) in [5, 5.41) is 22.2. The van der Waals surface area contributed by atoms with Gasteiger partial charge >= 0.3 is 5.69 Å². The highest BCUT2D eigenvalue weighted by Gasteiger charge is 2.25. The lowest BCUT2D eigenvalue weighted by Crippen LogP contribution is -2.14. The topological polar surface area (TPSA) is 124 Å². The number of oxime groups is 1. The number of nitrogens with two attached hydrogens (primary N) is 1. The van der Waals surface area contributed by atoms with Gasteiger partial charge in [0.1, 0.15) is 0 Å². The summed E-state index contributed by atoms with van der Waals surface area (Å²) in [5.74, 6) is 0.191. The molecule has 0 atom stereocenters. The molecule has 1 aliphatic rings. The Balaban J connectivity index is 2.25. The van der Waals surface area contributed by atoms with Gasteiger partial charge in [-0.3, -0.25) is 10.1 Å². The van der Waals surface area contributed by atoms with Crippen LogP contribution in [0.5, 0.6) is 5.88 Å². The molecule has 0 amide bonds. The van der Waals surface area contributed by atoms with Crippen LogP contribution in [-0.4, -0.2) is 27.6 Å². The number of nitrogens with zero attached hydrogens (tertiary/aromatic N) is 3. The highest BCUT2D eigenvalue weighted by atomic mass is 16.6. The van der Waals surface area contributed by atoms with E-state index < -0.39 is 4.92 Å². The summed E-state index contributed by atoms with van der Waals surface area (Å²) in [7, 11) is 0. The van der Waals surface area contributed by atoms with Crippen LogP contribution in [0.15, 0.2) is 17.4 Å². The fourth-order valence-electron chi connectivity index (χ4n) is 1.36. The fourth-order valence-corrected chi connectivity index (χ4v) is 1.36. The van der Waals surface area contributed by atoms with Gasteiger partial charge in [0.05, 0.1) is 11.5 Å². The van der Waals surface area contributed by atoms with E-state index in [1.54, 1.807) is 0 Å². The van der Waals surface area contributed by atoms with Crippen LogP contribution in [0.1, 0.15) is 18.4 Å². The molecule has 0 spiro atoms. The Morgan fingerprint density at radius 2 is 2.44 bits per heavy atom. The Kier molecular flexibility index (Phi) is 3.26. The van der Waals surface area contributed by atoms with Crippen molar-refractivity contribution >= 4 is 11.5 Å². The Bertz CT molecular complexity index is 499. The number of amidine groups is 1. The maximum atomic E-state index is 10.9. The molecule has 1 aromatic heterocycles. The first kappa shape index (κ1) is 12.1. The molecule has 1 fully saturated rings. The molecule has 1 heterocycles. The first-order valence-electron chi connectivity index (χ1n) is 5.37. The molecular weight excluding hydrogens is 240 g/mol. The Morgan fingerprint density at radius 1 is 1.72 bits per heavy atom. The number of rotatable bonds is 5. The lowest BCUT2D eigenvalue weighted by molar-refractivity contribution is -0.386. The van der Waals surface area contributed by atoms with E-state index in [0.29, 0.717) is 12.5 Å². The lowest BCUT2D eigenvalue weighted by Gasteiger charge is -2.05. The molecule has 1 saturated carbocycles. The average Bonchev–Trinajstić information content (AvgIpc) is 3.19. The lowest BCUT2D eigenvalue weighted by atomic mass is 10.2. The summed E-state index contributed by atoms with van der Waals surface area (Å²) in [6.07, 6.45) is 3.43. The monoisotopic (exact) mass is 252 g/mol. The summed E-state index contributed by atoms with van der Waals surface area (Å²) in [6, 6.07) is 1.17. The van der Waals surface area contributed by atoms with E-state index >= 15 is 0 Å². The number of nitro groups is 1. The van der Waals surface area contributed by atoms with Gasteiger partial charge in [0.15, 0.2) is 5.84 Å². The molecule has 1 aromatic rings. The second kappa shape index (κ2) is 4.86. The molecular formula is C10H12N4O4. The fraction of sp³-hybridized carbons (Fsp3) is 0.400. The van der Waals surface area contributed by atoms with Crippen molar-refractivity contribution in [3.63, 3.8) is 0 Å². The Morgan fingerprint density at radius 3 is 3.00 bits per heavy atom. The van der Waals surface area contributed by atoms with Crippen molar-refractivity contribution in [1.29, 1.82) is 0 Å². The summed E-state index contributed by atoms with van der Waals surface area (Å²) < 4.78 is 5.29. The van der Waals surface area contributed by atoms with Gasteiger partial charge in [-0.2, -0.15) is 0 Å². The number of hydrogen-bond donors (Lipinski definition) is 2. The maximum Gasteiger partial charge on any atom is 0.331 e. The largest absolute Gasteiger partial charge is 0.473 e. The minimum atomic E-state index is -0.608. The summed E-state index contributed by atoms with van der Waals surface area (Å²) in [5.41, 5.74) is 5.22. The average molecular weight is 252 g/mol. The van der Waals surface area contributed by atoms with Gasteiger partial charge in [0.25, 0.3) is 5.88 Å². The van der Waals surface area contributed by atoms with Crippen molar-refractivity contribution in [2.45, 2.75) is 12.8 Å². The van der Waals surface area contributed by atoms with E-state index in [1.807, 2.05) is 0 Å². The molecule has 0 saturated heterocycles. The number of aromatic nitrogens is 1. The standard InChI is InChI=1S/C10H12N4O4/c11-9(13-15)7-3-8(14(16)17)10(12-4-7)18-5-6-1-2-6/h3-4,6,15H,1-2,5H2,(H2,11,13). The Labute approximate surface area is 102 Å². The first-order chi connectivity index (χ1) is 8.61. The van der Waals surface area contributed by atoms with Crippen molar-refractivity contribution < 1.29 is 14.9 Å². The van der Waals surface area contributed by atoms with E-state index in [4.69, 9.17) is 15.7 Å². The second-order valence-corrected chi connectivity index (χ2v) is 4.05. The van der Waals surface area contributed by atoms with Gasteiger partial charge in [-0.15, -0.1) is 0 Å². The molecule has 96 valence electrons. The predicted octanol–water partition coefficient (Wildman–Crippen LogP) is 0.873. The second-order valence-electron chi connectivity index (χ2n) is 4.05. The zero-order chi connectivity index (χ0) is 13.1. The molecule has 2 rings (SSSR count). The quantitative estimate of drug-likeness (QED) is 0.263. The third kappa shape index (κ3) is 2.65.